The Bertz CT molecular complexity index is 501. The third-order valence-electron chi connectivity index (χ3n) is 1.81. The first-order valence-corrected chi connectivity index (χ1v) is 4.71. The fourth-order valence-electron chi connectivity index (χ4n) is 1.02. The van der Waals surface area contributed by atoms with Crippen LogP contribution < -0.4 is 5.73 Å². The topological polar surface area (TPSA) is 89.7 Å². The van der Waals surface area contributed by atoms with Gasteiger partial charge in [0, 0.05) is 5.56 Å². The normalized spacial score (nSPS) is 10.7. The molecule has 3 amide bonds. The number of nitrogens with two attached hydrogens (primary N) is 1. The zero-order chi connectivity index (χ0) is 14.6. The van der Waals surface area contributed by atoms with Crippen LogP contribution in [-0.4, -0.2) is 29.1 Å². The molecular weight excluding hydrogens is 269 g/mol. The summed E-state index contributed by atoms with van der Waals surface area (Å²) >= 11 is 0. The maximum absolute atomic E-state index is 12.0. The molecule has 1 aromatic carbocycles. The Morgan fingerprint density at radius 1 is 1.11 bits per heavy atom. The van der Waals surface area contributed by atoms with Crippen molar-refractivity contribution < 1.29 is 32.4 Å². The molecule has 0 saturated carbocycles. The molecule has 0 saturated heterocycles. The van der Waals surface area contributed by atoms with Gasteiger partial charge >= 0.3 is 18.2 Å². The number of hydroxylamine groups is 2. The molecule has 9 heteroatoms. The summed E-state index contributed by atoms with van der Waals surface area (Å²) in [5.74, 6) is -4.01. The standard InChI is InChI=1S/C10H7F3N2O4/c11-10(12,13)8(17)19-15(9(14)18)7(16)6-4-2-1-3-5-6/h1-5H,(H2,14,18). The SMILES string of the molecule is NC(=O)N(OC(=O)C(F)(F)F)C(=O)c1ccccc1. The van der Waals surface area contributed by atoms with Gasteiger partial charge in [0.25, 0.3) is 5.91 Å². The van der Waals surface area contributed by atoms with E-state index in [2.05, 4.69) is 10.6 Å². The number of urea groups is 1. The molecule has 102 valence electrons. The first-order valence-electron chi connectivity index (χ1n) is 4.71. The molecule has 0 heterocycles. The number of amides is 3. The van der Waals surface area contributed by atoms with Crippen LogP contribution in [0.3, 0.4) is 0 Å². The Labute approximate surface area is 104 Å². The van der Waals surface area contributed by atoms with Crippen molar-refractivity contribution in [3.63, 3.8) is 0 Å². The van der Waals surface area contributed by atoms with E-state index in [1.807, 2.05) is 0 Å². The van der Waals surface area contributed by atoms with E-state index < -0.39 is 29.1 Å². The lowest BCUT2D eigenvalue weighted by molar-refractivity contribution is -0.220. The first kappa shape index (κ1) is 14.5. The Kier molecular flexibility index (Phi) is 4.10. The van der Waals surface area contributed by atoms with Gasteiger partial charge in [-0.25, -0.2) is 9.59 Å². The number of imide groups is 1. The molecule has 0 radical (unpaired) electrons. The Morgan fingerprint density at radius 3 is 2.05 bits per heavy atom. The van der Waals surface area contributed by atoms with Crippen LogP contribution in [0.2, 0.25) is 0 Å². The summed E-state index contributed by atoms with van der Waals surface area (Å²) < 4.78 is 35.9. The fourth-order valence-corrected chi connectivity index (χ4v) is 1.02. The largest absolute Gasteiger partial charge is 0.493 e. The van der Waals surface area contributed by atoms with Crippen LogP contribution >= 0.6 is 0 Å². The minimum absolute atomic E-state index is 0.170. The van der Waals surface area contributed by atoms with Crippen LogP contribution in [0.5, 0.6) is 0 Å². The average molecular weight is 276 g/mol. The predicted molar refractivity (Wildman–Crippen MR) is 54.3 cm³/mol. The third-order valence-corrected chi connectivity index (χ3v) is 1.81. The van der Waals surface area contributed by atoms with Gasteiger partial charge in [-0.15, -0.1) is 0 Å². The molecule has 0 atom stereocenters. The van der Waals surface area contributed by atoms with Gasteiger partial charge in [0.05, 0.1) is 0 Å². The Morgan fingerprint density at radius 2 is 1.63 bits per heavy atom. The quantitative estimate of drug-likeness (QED) is 0.781. The van der Waals surface area contributed by atoms with Gasteiger partial charge < -0.3 is 10.6 Å². The monoisotopic (exact) mass is 276 g/mol. The van der Waals surface area contributed by atoms with Crippen LogP contribution in [0.15, 0.2) is 30.3 Å². The molecular formula is C10H7F3N2O4. The molecule has 0 fully saturated rings. The number of primary amides is 1. The van der Waals surface area contributed by atoms with Crippen molar-refractivity contribution in [1.29, 1.82) is 0 Å². The molecule has 0 aliphatic heterocycles. The molecule has 2 N–H and O–H groups in total. The number of carbonyl (C=O) groups is 3. The van der Waals surface area contributed by atoms with Gasteiger partial charge in [0.15, 0.2) is 0 Å². The van der Waals surface area contributed by atoms with Crippen LogP contribution in [-0.2, 0) is 9.63 Å². The van der Waals surface area contributed by atoms with E-state index in [9.17, 15) is 27.6 Å². The van der Waals surface area contributed by atoms with Crippen molar-refractivity contribution >= 4 is 17.9 Å². The maximum atomic E-state index is 12.0. The van der Waals surface area contributed by atoms with Crippen LogP contribution in [0.1, 0.15) is 10.4 Å². The predicted octanol–water partition coefficient (Wildman–Crippen LogP) is 1.23. The number of hydrogen-bond acceptors (Lipinski definition) is 4. The fraction of sp³-hybridized carbons (Fsp3) is 0.100. The van der Waals surface area contributed by atoms with E-state index >= 15 is 0 Å². The number of halogens is 3. The molecule has 0 aliphatic carbocycles. The minimum atomic E-state index is -5.36. The Balaban J connectivity index is 2.94. The van der Waals surface area contributed by atoms with E-state index in [0.717, 1.165) is 0 Å². The molecule has 19 heavy (non-hydrogen) atoms. The summed E-state index contributed by atoms with van der Waals surface area (Å²) in [5.41, 5.74) is 4.52. The minimum Gasteiger partial charge on any atom is -0.349 e. The average Bonchev–Trinajstić information content (AvgIpc) is 2.34. The van der Waals surface area contributed by atoms with E-state index in [4.69, 9.17) is 0 Å². The molecule has 0 spiro atoms. The summed E-state index contributed by atoms with van der Waals surface area (Å²) in [7, 11) is 0. The van der Waals surface area contributed by atoms with Crippen molar-refractivity contribution in [1.82, 2.24) is 5.06 Å². The van der Waals surface area contributed by atoms with Gasteiger partial charge in [-0.3, -0.25) is 4.79 Å². The van der Waals surface area contributed by atoms with Crippen LogP contribution in [0.4, 0.5) is 18.0 Å². The molecule has 6 nitrogen and oxygen atoms in total. The number of alkyl halides is 3. The number of nitrogens with zero attached hydrogens (tertiary/aromatic N) is 1. The van der Waals surface area contributed by atoms with Crippen molar-refractivity contribution in [3.8, 4) is 0 Å². The van der Waals surface area contributed by atoms with Crippen LogP contribution in [0.25, 0.3) is 0 Å². The number of benzene rings is 1. The lowest BCUT2D eigenvalue weighted by Gasteiger charge is -2.17. The highest BCUT2D eigenvalue weighted by Crippen LogP contribution is 2.18. The first-order chi connectivity index (χ1) is 8.73. The summed E-state index contributed by atoms with van der Waals surface area (Å²) in [6.45, 7) is 0. The lowest BCUT2D eigenvalue weighted by atomic mass is 10.2. The van der Waals surface area contributed by atoms with Gasteiger partial charge in [0.1, 0.15) is 0 Å². The van der Waals surface area contributed by atoms with Gasteiger partial charge in [-0.2, -0.15) is 13.2 Å². The van der Waals surface area contributed by atoms with E-state index in [1.165, 1.54) is 30.3 Å². The second kappa shape index (κ2) is 5.38. The molecule has 1 aromatic rings. The van der Waals surface area contributed by atoms with Crippen molar-refractivity contribution in [2.45, 2.75) is 6.18 Å². The molecule has 1 rings (SSSR count). The highest BCUT2D eigenvalue weighted by Gasteiger charge is 2.44. The zero-order valence-corrected chi connectivity index (χ0v) is 9.18. The highest BCUT2D eigenvalue weighted by atomic mass is 19.4. The van der Waals surface area contributed by atoms with E-state index in [1.54, 1.807) is 0 Å². The molecule has 0 bridgehead atoms. The summed E-state index contributed by atoms with van der Waals surface area (Å²) in [5, 5.41) is -0.453. The van der Waals surface area contributed by atoms with Crippen molar-refractivity contribution in [3.05, 3.63) is 35.9 Å². The second-order valence-corrected chi connectivity index (χ2v) is 3.18. The zero-order valence-electron chi connectivity index (χ0n) is 9.18. The third kappa shape index (κ3) is 3.69. The summed E-state index contributed by atoms with van der Waals surface area (Å²) in [4.78, 5) is 36.7. The van der Waals surface area contributed by atoms with E-state index in [-0.39, 0.29) is 5.56 Å². The van der Waals surface area contributed by atoms with Crippen molar-refractivity contribution in [2.75, 3.05) is 0 Å². The van der Waals surface area contributed by atoms with Crippen molar-refractivity contribution in [2.24, 2.45) is 5.73 Å². The Hall–Kier alpha value is -2.58. The molecule has 0 aliphatic rings. The van der Waals surface area contributed by atoms with Gasteiger partial charge in [-0.05, 0) is 12.1 Å². The number of carbonyl (C=O) groups excluding carboxylic acids is 3. The second-order valence-electron chi connectivity index (χ2n) is 3.18. The molecule has 0 aromatic heterocycles. The lowest BCUT2D eigenvalue weighted by Crippen LogP contribution is -2.44. The van der Waals surface area contributed by atoms with Crippen LogP contribution in [0, 0.1) is 0 Å². The summed E-state index contributed by atoms with van der Waals surface area (Å²) in [6, 6.07) is 5.11. The van der Waals surface area contributed by atoms with Gasteiger partial charge in [0.2, 0.25) is 0 Å². The number of hydrogen-bond donors (Lipinski definition) is 1. The maximum Gasteiger partial charge on any atom is 0.493 e. The smallest absolute Gasteiger partial charge is 0.349 e. The molecule has 0 unspecified atom stereocenters. The van der Waals surface area contributed by atoms with E-state index in [0.29, 0.717) is 0 Å². The highest BCUT2D eigenvalue weighted by molar-refractivity contribution is 6.03. The summed E-state index contributed by atoms with van der Waals surface area (Å²) in [6.07, 6.45) is -5.36. The number of rotatable bonds is 1. The van der Waals surface area contributed by atoms with Gasteiger partial charge in [-0.1, -0.05) is 23.3 Å².